The zero-order chi connectivity index (χ0) is 25.2. The van der Waals surface area contributed by atoms with E-state index < -0.39 is 0 Å². The Morgan fingerprint density at radius 1 is 1.22 bits per heavy atom. The van der Waals surface area contributed by atoms with Gasteiger partial charge in [-0.15, -0.1) is 0 Å². The van der Waals surface area contributed by atoms with E-state index >= 15 is 0 Å². The van der Waals surface area contributed by atoms with Gasteiger partial charge < -0.3 is 19.7 Å². The van der Waals surface area contributed by atoms with Crippen LogP contribution in [0.5, 0.6) is 5.75 Å². The lowest BCUT2D eigenvalue weighted by atomic mass is 10.1. The first-order chi connectivity index (χ1) is 17.4. The van der Waals surface area contributed by atoms with E-state index in [4.69, 9.17) is 21.1 Å². The van der Waals surface area contributed by atoms with E-state index in [1.165, 1.54) is 0 Å². The molecule has 2 aliphatic rings. The first kappa shape index (κ1) is 24.5. The molecule has 4 heterocycles. The summed E-state index contributed by atoms with van der Waals surface area (Å²) < 4.78 is 13.0. The van der Waals surface area contributed by atoms with Crippen molar-refractivity contribution in [1.82, 2.24) is 29.5 Å². The second kappa shape index (κ2) is 10.4. The van der Waals surface area contributed by atoms with Crippen LogP contribution in [0.1, 0.15) is 36.7 Å². The Bertz CT molecular complexity index is 1240. The van der Waals surface area contributed by atoms with E-state index in [0.29, 0.717) is 46.8 Å². The van der Waals surface area contributed by atoms with Crippen molar-refractivity contribution in [2.24, 2.45) is 0 Å². The Morgan fingerprint density at radius 2 is 2.00 bits per heavy atom. The van der Waals surface area contributed by atoms with E-state index in [2.05, 4.69) is 39.1 Å². The van der Waals surface area contributed by atoms with Gasteiger partial charge in [-0.25, -0.2) is 9.97 Å². The average molecular weight is 512 g/mol. The molecule has 2 saturated heterocycles. The number of anilines is 2. The van der Waals surface area contributed by atoms with Crippen LogP contribution >= 0.6 is 11.6 Å². The molecule has 2 fully saturated rings. The molecule has 1 atom stereocenters. The SMILES string of the molecule is COc1cc(C(=O)N2CCN(C3CCO3)CC2)ccc1Nc1ncc(Cl)c(-c2cnn(C(C)C)c2)n1. The van der Waals surface area contributed by atoms with Crippen LogP contribution in [0.3, 0.4) is 0 Å². The summed E-state index contributed by atoms with van der Waals surface area (Å²) in [6.45, 7) is 7.92. The molecular formula is C25H30ClN7O3. The topological polar surface area (TPSA) is 97.6 Å². The van der Waals surface area contributed by atoms with Crippen molar-refractivity contribution < 1.29 is 14.3 Å². The molecule has 10 nitrogen and oxygen atoms in total. The van der Waals surface area contributed by atoms with Crippen LogP contribution in [0.15, 0.2) is 36.8 Å². The summed E-state index contributed by atoms with van der Waals surface area (Å²) in [7, 11) is 1.57. The molecule has 190 valence electrons. The fourth-order valence-corrected chi connectivity index (χ4v) is 4.53. The summed E-state index contributed by atoms with van der Waals surface area (Å²) in [6.07, 6.45) is 6.48. The number of ether oxygens (including phenoxy) is 2. The van der Waals surface area contributed by atoms with Crippen LogP contribution in [0.2, 0.25) is 5.02 Å². The van der Waals surface area contributed by atoms with Gasteiger partial charge in [0, 0.05) is 56.0 Å². The molecule has 0 bridgehead atoms. The number of amides is 1. The van der Waals surface area contributed by atoms with Gasteiger partial charge in [-0.3, -0.25) is 14.4 Å². The van der Waals surface area contributed by atoms with Crippen molar-refractivity contribution in [2.45, 2.75) is 32.5 Å². The summed E-state index contributed by atoms with van der Waals surface area (Å²) in [4.78, 5) is 26.2. The first-order valence-electron chi connectivity index (χ1n) is 12.1. The van der Waals surface area contributed by atoms with E-state index in [1.807, 2.05) is 15.8 Å². The van der Waals surface area contributed by atoms with Gasteiger partial charge in [-0.2, -0.15) is 5.10 Å². The highest BCUT2D eigenvalue weighted by atomic mass is 35.5. The number of piperazine rings is 1. The molecule has 5 rings (SSSR count). The molecule has 0 aliphatic carbocycles. The lowest BCUT2D eigenvalue weighted by Gasteiger charge is -2.42. The molecule has 1 aromatic carbocycles. The van der Waals surface area contributed by atoms with Gasteiger partial charge in [0.05, 0.1) is 42.5 Å². The van der Waals surface area contributed by atoms with Crippen LogP contribution in [-0.2, 0) is 4.74 Å². The molecule has 1 amide bonds. The van der Waals surface area contributed by atoms with Crippen molar-refractivity contribution in [3.05, 3.63) is 47.4 Å². The summed E-state index contributed by atoms with van der Waals surface area (Å²) in [5.41, 5.74) is 2.60. The van der Waals surface area contributed by atoms with E-state index in [9.17, 15) is 4.79 Å². The van der Waals surface area contributed by atoms with Crippen molar-refractivity contribution >= 4 is 29.1 Å². The van der Waals surface area contributed by atoms with E-state index in [1.54, 1.807) is 37.7 Å². The molecular weight excluding hydrogens is 482 g/mol. The maximum absolute atomic E-state index is 13.1. The van der Waals surface area contributed by atoms with Crippen LogP contribution < -0.4 is 10.1 Å². The number of hydrogen-bond acceptors (Lipinski definition) is 8. The molecule has 0 spiro atoms. The van der Waals surface area contributed by atoms with Gasteiger partial charge in [0.1, 0.15) is 12.0 Å². The van der Waals surface area contributed by atoms with Crippen molar-refractivity contribution in [3.63, 3.8) is 0 Å². The fourth-order valence-electron chi connectivity index (χ4n) is 4.33. The summed E-state index contributed by atoms with van der Waals surface area (Å²) >= 11 is 6.38. The number of hydrogen-bond donors (Lipinski definition) is 1. The van der Waals surface area contributed by atoms with Gasteiger partial charge in [-0.1, -0.05) is 11.6 Å². The largest absolute Gasteiger partial charge is 0.495 e. The van der Waals surface area contributed by atoms with Crippen molar-refractivity contribution in [2.75, 3.05) is 45.2 Å². The minimum absolute atomic E-state index is 0.0128. The maximum Gasteiger partial charge on any atom is 0.254 e. The zero-order valence-electron chi connectivity index (χ0n) is 20.6. The Hall–Kier alpha value is -3.21. The lowest BCUT2D eigenvalue weighted by molar-refractivity contribution is -0.151. The van der Waals surface area contributed by atoms with Crippen LogP contribution in [-0.4, -0.2) is 81.6 Å². The minimum atomic E-state index is -0.0128. The third kappa shape index (κ3) is 5.02. The first-order valence-corrected chi connectivity index (χ1v) is 12.5. The summed E-state index contributed by atoms with van der Waals surface area (Å²) in [6, 6.07) is 5.56. The van der Waals surface area contributed by atoms with E-state index in [-0.39, 0.29) is 18.2 Å². The highest BCUT2D eigenvalue weighted by molar-refractivity contribution is 6.32. The highest BCUT2D eigenvalue weighted by Crippen LogP contribution is 2.31. The number of methoxy groups -OCH3 is 1. The van der Waals surface area contributed by atoms with Gasteiger partial charge in [0.2, 0.25) is 5.95 Å². The van der Waals surface area contributed by atoms with Crippen LogP contribution in [0.4, 0.5) is 11.6 Å². The molecule has 0 radical (unpaired) electrons. The number of nitrogens with one attached hydrogen (secondary N) is 1. The quantitative estimate of drug-likeness (QED) is 0.511. The predicted molar refractivity (Wildman–Crippen MR) is 137 cm³/mol. The number of halogens is 1. The molecule has 1 unspecified atom stereocenters. The second-order valence-electron chi connectivity index (χ2n) is 9.18. The third-order valence-corrected chi connectivity index (χ3v) is 6.80. The molecule has 1 N–H and O–H groups in total. The van der Waals surface area contributed by atoms with Gasteiger partial charge >= 0.3 is 0 Å². The van der Waals surface area contributed by atoms with Gasteiger partial charge in [0.25, 0.3) is 5.91 Å². The molecule has 0 saturated carbocycles. The molecule has 36 heavy (non-hydrogen) atoms. The zero-order valence-corrected chi connectivity index (χ0v) is 21.4. The Kier molecular flexibility index (Phi) is 7.08. The molecule has 3 aromatic rings. The van der Waals surface area contributed by atoms with Crippen LogP contribution in [0, 0.1) is 0 Å². The second-order valence-corrected chi connectivity index (χ2v) is 9.58. The molecule has 11 heteroatoms. The standard InChI is InChI=1S/C25H30ClN7O3/c1-16(2)33-15-18(13-28-33)23-19(26)14-27-25(30-23)29-20-5-4-17(12-21(20)35-3)24(34)32-9-7-31(8-10-32)22-6-11-36-22/h4-5,12-16,22H,6-11H2,1-3H3,(H,27,29,30). The molecule has 2 aromatic heterocycles. The smallest absolute Gasteiger partial charge is 0.254 e. The summed E-state index contributed by atoms with van der Waals surface area (Å²) in [5, 5.41) is 7.99. The molecule has 2 aliphatic heterocycles. The summed E-state index contributed by atoms with van der Waals surface area (Å²) in [5.74, 6) is 0.870. The number of benzene rings is 1. The lowest BCUT2D eigenvalue weighted by Crippen LogP contribution is -2.55. The van der Waals surface area contributed by atoms with Crippen molar-refractivity contribution in [3.8, 4) is 17.0 Å². The Morgan fingerprint density at radius 3 is 2.64 bits per heavy atom. The van der Waals surface area contributed by atoms with Crippen molar-refractivity contribution in [1.29, 1.82) is 0 Å². The number of carbonyl (C=O) groups is 1. The minimum Gasteiger partial charge on any atom is -0.495 e. The fraction of sp³-hybridized carbons (Fsp3) is 0.440. The van der Waals surface area contributed by atoms with Gasteiger partial charge in [-0.05, 0) is 32.0 Å². The number of carbonyl (C=O) groups excluding carboxylic acids is 1. The third-order valence-electron chi connectivity index (χ3n) is 6.53. The normalized spacial score (nSPS) is 18.2. The maximum atomic E-state index is 13.1. The average Bonchev–Trinajstić information content (AvgIpc) is 3.35. The number of nitrogens with zero attached hydrogens (tertiary/aromatic N) is 6. The Balaban J connectivity index is 1.30. The monoisotopic (exact) mass is 511 g/mol. The van der Waals surface area contributed by atoms with Gasteiger partial charge in [0.15, 0.2) is 0 Å². The number of aromatic nitrogens is 4. The highest BCUT2D eigenvalue weighted by Gasteiger charge is 2.30. The predicted octanol–water partition coefficient (Wildman–Crippen LogP) is 3.83. The Labute approximate surface area is 215 Å². The van der Waals surface area contributed by atoms with Crippen LogP contribution in [0.25, 0.3) is 11.3 Å². The number of rotatable bonds is 7. The van der Waals surface area contributed by atoms with E-state index in [0.717, 1.165) is 31.7 Å².